The highest BCUT2D eigenvalue weighted by molar-refractivity contribution is 7.46. The van der Waals surface area contributed by atoms with Gasteiger partial charge in [-0.15, -0.1) is 0 Å². The Bertz CT molecular complexity index is 725. The smallest absolute Gasteiger partial charge is 0.472 e. The Kier molecular flexibility index (Phi) is 7.16. The lowest BCUT2D eigenvalue weighted by atomic mass is 10.1. The second-order valence-corrected chi connectivity index (χ2v) is 5.80. The van der Waals surface area contributed by atoms with E-state index in [2.05, 4.69) is 9.26 Å². The van der Waals surface area contributed by atoms with Crippen molar-refractivity contribution in [3.8, 4) is 0 Å². The molecule has 1 aromatic rings. The second-order valence-electron chi connectivity index (χ2n) is 4.61. The van der Waals surface area contributed by atoms with E-state index < -0.39 is 61.9 Å². The number of ether oxygens (including phenoxy) is 1. The van der Waals surface area contributed by atoms with Crippen LogP contribution in [0.4, 0.5) is 0 Å². The molecule has 142 valence electrons. The monoisotopic (exact) mass is 386 g/mol. The SMILES string of the molecule is O=C(O)c1cc(=O)[nH]c(=O)[nH]1.O=P(O)(O)OC1O[C@H](CO)[C@@H](O)[C@H]1O. The maximum atomic E-state index is 10.5. The maximum Gasteiger partial charge on any atom is 0.472 e. The number of H-pyrrole nitrogens is 2. The average molecular weight is 386 g/mol. The van der Waals surface area contributed by atoms with Gasteiger partial charge in [-0.2, -0.15) is 0 Å². The van der Waals surface area contributed by atoms with Gasteiger partial charge < -0.3 is 39.9 Å². The van der Waals surface area contributed by atoms with Crippen molar-refractivity contribution in [2.75, 3.05) is 6.61 Å². The summed E-state index contributed by atoms with van der Waals surface area (Å²) in [5, 5.41) is 35.3. The summed E-state index contributed by atoms with van der Waals surface area (Å²) in [5.74, 6) is -1.34. The molecule has 1 fully saturated rings. The number of aliphatic hydroxyl groups is 3. The van der Waals surface area contributed by atoms with E-state index >= 15 is 0 Å². The van der Waals surface area contributed by atoms with Crippen molar-refractivity contribution in [3.05, 3.63) is 32.6 Å². The molecule has 25 heavy (non-hydrogen) atoms. The summed E-state index contributed by atoms with van der Waals surface area (Å²) in [5.41, 5.74) is -1.97. The van der Waals surface area contributed by atoms with Crippen LogP contribution in [0.2, 0.25) is 0 Å². The Balaban J connectivity index is 0.000000257. The van der Waals surface area contributed by atoms with Crippen LogP contribution < -0.4 is 11.2 Å². The highest BCUT2D eigenvalue weighted by Gasteiger charge is 2.45. The van der Waals surface area contributed by atoms with Gasteiger partial charge in [-0.1, -0.05) is 0 Å². The van der Waals surface area contributed by atoms with E-state index in [1.807, 2.05) is 9.97 Å². The number of aromatic carboxylic acids is 1. The molecule has 8 N–H and O–H groups in total. The van der Waals surface area contributed by atoms with Crippen molar-refractivity contribution in [2.24, 2.45) is 0 Å². The number of hydrogen-bond acceptors (Lipinski definition) is 9. The molecule has 1 aliphatic heterocycles. The van der Waals surface area contributed by atoms with Crippen LogP contribution in [0.15, 0.2) is 15.7 Å². The quantitative estimate of drug-likeness (QED) is 0.233. The van der Waals surface area contributed by atoms with Crippen molar-refractivity contribution < 1.29 is 48.8 Å². The van der Waals surface area contributed by atoms with Crippen LogP contribution in [-0.4, -0.2) is 77.4 Å². The minimum atomic E-state index is -4.79. The Morgan fingerprint density at radius 3 is 2.24 bits per heavy atom. The zero-order chi connectivity index (χ0) is 19.4. The third kappa shape index (κ3) is 6.49. The highest BCUT2D eigenvalue weighted by atomic mass is 31.2. The predicted octanol–water partition coefficient (Wildman–Crippen LogP) is -3.70. The van der Waals surface area contributed by atoms with E-state index in [1.165, 1.54) is 0 Å². The molecule has 0 aromatic carbocycles. The van der Waals surface area contributed by atoms with Gasteiger partial charge in [0.05, 0.1) is 6.61 Å². The van der Waals surface area contributed by atoms with Crippen molar-refractivity contribution in [1.82, 2.24) is 9.97 Å². The van der Waals surface area contributed by atoms with Gasteiger partial charge in [0.15, 0.2) is 6.29 Å². The summed E-state index contributed by atoms with van der Waals surface area (Å²) in [6.07, 6.45) is -5.78. The Morgan fingerprint density at radius 1 is 1.24 bits per heavy atom. The largest absolute Gasteiger partial charge is 0.477 e. The lowest BCUT2D eigenvalue weighted by Crippen LogP contribution is -2.34. The van der Waals surface area contributed by atoms with Crippen LogP contribution >= 0.6 is 7.82 Å². The van der Waals surface area contributed by atoms with E-state index in [9.17, 15) is 18.9 Å². The number of rotatable bonds is 4. The van der Waals surface area contributed by atoms with Crippen LogP contribution in [-0.2, 0) is 13.8 Å². The molecule has 0 radical (unpaired) electrons. The average Bonchev–Trinajstić information content (AvgIpc) is 2.73. The lowest BCUT2D eigenvalue weighted by molar-refractivity contribution is -0.126. The standard InChI is InChI=1S/C5H4N2O4.C5H11O8P/c8-3-1-2(4(9)10)6-5(11)7-3;6-1-2-3(7)4(8)5(12-2)13-14(9,10)11/h1H,(H,9,10)(H2,6,7,8,11);2-8H,1H2,(H2,9,10,11)/t;2-,3-,4-,5?/m.1/s1. The van der Waals surface area contributed by atoms with Crippen LogP contribution in [0.5, 0.6) is 0 Å². The van der Waals surface area contributed by atoms with Crippen molar-refractivity contribution >= 4 is 13.8 Å². The summed E-state index contributed by atoms with van der Waals surface area (Å²) in [7, 11) is -4.79. The minimum absolute atomic E-state index is 0.418. The van der Waals surface area contributed by atoms with Crippen molar-refractivity contribution in [2.45, 2.75) is 24.6 Å². The molecule has 4 atom stereocenters. The number of phosphoric acid groups is 1. The fourth-order valence-electron chi connectivity index (χ4n) is 1.67. The van der Waals surface area contributed by atoms with Gasteiger partial charge in [-0.05, 0) is 0 Å². The van der Waals surface area contributed by atoms with E-state index in [0.29, 0.717) is 0 Å². The second kappa shape index (κ2) is 8.46. The van der Waals surface area contributed by atoms with Crippen molar-refractivity contribution in [3.63, 3.8) is 0 Å². The number of aromatic nitrogens is 2. The first-order valence-corrected chi connectivity index (χ1v) is 7.91. The molecule has 15 heteroatoms. The van der Waals surface area contributed by atoms with Crippen LogP contribution in [0.25, 0.3) is 0 Å². The van der Waals surface area contributed by atoms with Crippen molar-refractivity contribution in [1.29, 1.82) is 0 Å². The summed E-state index contributed by atoms with van der Waals surface area (Å²) >= 11 is 0. The molecular weight excluding hydrogens is 371 g/mol. The van der Waals surface area contributed by atoms with Gasteiger partial charge in [0, 0.05) is 6.07 Å². The molecule has 1 aliphatic rings. The highest BCUT2D eigenvalue weighted by Crippen LogP contribution is 2.40. The molecule has 0 amide bonds. The number of aromatic amines is 2. The molecule has 2 rings (SSSR count). The first-order valence-electron chi connectivity index (χ1n) is 6.38. The number of aliphatic hydroxyl groups excluding tert-OH is 3. The normalized spacial score (nSPS) is 26.0. The van der Waals surface area contributed by atoms with E-state index in [4.69, 9.17) is 30.2 Å². The van der Waals surface area contributed by atoms with Gasteiger partial charge in [-0.3, -0.25) is 14.3 Å². The van der Waals surface area contributed by atoms with E-state index in [-0.39, 0.29) is 0 Å². The first-order chi connectivity index (χ1) is 11.4. The molecule has 2 heterocycles. The number of nitrogens with one attached hydrogen (secondary N) is 2. The molecule has 0 saturated carbocycles. The van der Waals surface area contributed by atoms with Crippen LogP contribution in [0.1, 0.15) is 10.5 Å². The fourth-order valence-corrected chi connectivity index (χ4v) is 2.12. The van der Waals surface area contributed by atoms with Gasteiger partial charge in [0.25, 0.3) is 5.56 Å². The number of carbonyl (C=O) groups is 1. The van der Waals surface area contributed by atoms with Crippen LogP contribution in [0.3, 0.4) is 0 Å². The van der Waals surface area contributed by atoms with Gasteiger partial charge >= 0.3 is 19.5 Å². The molecular formula is C10H15N2O12P. The molecule has 0 aliphatic carbocycles. The molecule has 1 aromatic heterocycles. The molecule has 14 nitrogen and oxygen atoms in total. The topological polar surface area (TPSA) is 240 Å². The molecule has 1 saturated heterocycles. The summed E-state index contributed by atoms with van der Waals surface area (Å²) in [6, 6.07) is 0.795. The lowest BCUT2D eigenvalue weighted by Gasteiger charge is -2.15. The fraction of sp³-hybridized carbons (Fsp3) is 0.500. The minimum Gasteiger partial charge on any atom is -0.477 e. The number of carboxylic acids is 1. The third-order valence-electron chi connectivity index (χ3n) is 2.73. The van der Waals surface area contributed by atoms with Gasteiger partial charge in [0.1, 0.15) is 24.0 Å². The number of carboxylic acid groups (broad SMARTS) is 1. The molecule has 1 unspecified atom stereocenters. The number of phosphoric ester groups is 1. The third-order valence-corrected chi connectivity index (χ3v) is 3.21. The van der Waals surface area contributed by atoms with Gasteiger partial charge in [-0.25, -0.2) is 14.2 Å². The predicted molar refractivity (Wildman–Crippen MR) is 75.5 cm³/mol. The Hall–Kier alpha value is -1.90. The zero-order valence-electron chi connectivity index (χ0n) is 12.2. The Labute approximate surface area is 137 Å². The summed E-state index contributed by atoms with van der Waals surface area (Å²) in [4.78, 5) is 51.7. The number of hydrogen-bond donors (Lipinski definition) is 8. The Morgan fingerprint density at radius 2 is 1.84 bits per heavy atom. The maximum absolute atomic E-state index is 10.5. The zero-order valence-corrected chi connectivity index (χ0v) is 13.1. The van der Waals surface area contributed by atoms with Crippen LogP contribution in [0, 0.1) is 0 Å². The molecule has 0 spiro atoms. The molecule has 0 bridgehead atoms. The van der Waals surface area contributed by atoms with E-state index in [0.717, 1.165) is 6.07 Å². The first kappa shape index (κ1) is 21.1. The summed E-state index contributed by atoms with van der Waals surface area (Å²) < 4.78 is 19.1. The van der Waals surface area contributed by atoms with Gasteiger partial charge in [0.2, 0.25) is 0 Å². The summed E-state index contributed by atoms with van der Waals surface area (Å²) in [6.45, 7) is -0.584. The van der Waals surface area contributed by atoms with E-state index in [1.54, 1.807) is 0 Å².